The molecule has 0 spiro atoms. The van der Waals surface area contributed by atoms with E-state index < -0.39 is 0 Å². The number of piperidine rings is 1. The van der Waals surface area contributed by atoms with E-state index in [1.165, 1.54) is 0 Å². The van der Waals surface area contributed by atoms with Gasteiger partial charge in [-0.1, -0.05) is 13.8 Å². The van der Waals surface area contributed by atoms with Crippen molar-refractivity contribution in [1.82, 2.24) is 29.8 Å². The molecule has 1 aliphatic heterocycles. The molecule has 0 bridgehead atoms. The predicted molar refractivity (Wildman–Crippen MR) is 132 cm³/mol. The summed E-state index contributed by atoms with van der Waals surface area (Å²) in [7, 11) is 0. The molecule has 1 saturated heterocycles. The van der Waals surface area contributed by atoms with Crippen LogP contribution in [0.5, 0.6) is 0 Å². The molecule has 1 aliphatic carbocycles. The molecule has 0 atom stereocenters. The van der Waals surface area contributed by atoms with Crippen LogP contribution in [-0.4, -0.2) is 61.5 Å². The van der Waals surface area contributed by atoms with Gasteiger partial charge >= 0.3 is 0 Å². The molecular formula is C24H31N7O2S. The molecule has 9 nitrogen and oxygen atoms in total. The van der Waals surface area contributed by atoms with Crippen molar-refractivity contribution in [3.05, 3.63) is 29.5 Å². The first kappa shape index (κ1) is 22.8. The maximum absolute atomic E-state index is 13.5. The van der Waals surface area contributed by atoms with E-state index in [4.69, 9.17) is 4.98 Å². The Bertz CT molecular complexity index is 1170. The maximum atomic E-state index is 13.5. The Labute approximate surface area is 203 Å². The summed E-state index contributed by atoms with van der Waals surface area (Å²) in [6.07, 6.45) is 9.10. The predicted octanol–water partition coefficient (Wildman–Crippen LogP) is 3.58. The van der Waals surface area contributed by atoms with Gasteiger partial charge in [-0.15, -0.1) is 11.3 Å². The van der Waals surface area contributed by atoms with Crippen LogP contribution in [0.25, 0.3) is 16.2 Å². The highest BCUT2D eigenvalue weighted by Gasteiger charge is 2.32. The summed E-state index contributed by atoms with van der Waals surface area (Å²) in [5.41, 5.74) is 1.20. The minimum atomic E-state index is -0.0993. The van der Waals surface area contributed by atoms with Crippen molar-refractivity contribution in [2.75, 3.05) is 18.4 Å². The fraction of sp³-hybridized carbons (Fsp3) is 0.542. The molecule has 0 aromatic carbocycles. The Balaban J connectivity index is 1.37. The van der Waals surface area contributed by atoms with Gasteiger partial charge in [-0.05, 0) is 38.5 Å². The molecule has 2 N–H and O–H groups in total. The van der Waals surface area contributed by atoms with Crippen LogP contribution in [0.4, 0.5) is 5.82 Å². The second-order valence-electron chi connectivity index (χ2n) is 9.18. The lowest BCUT2D eigenvalue weighted by Crippen LogP contribution is -2.47. The van der Waals surface area contributed by atoms with Gasteiger partial charge in [0.1, 0.15) is 16.3 Å². The second-order valence-corrected chi connectivity index (χ2v) is 10.1. The summed E-state index contributed by atoms with van der Waals surface area (Å²) < 4.78 is 1.80. The van der Waals surface area contributed by atoms with E-state index in [2.05, 4.69) is 34.6 Å². The van der Waals surface area contributed by atoms with Crippen molar-refractivity contribution >= 4 is 33.8 Å². The lowest BCUT2D eigenvalue weighted by Gasteiger charge is -2.32. The van der Waals surface area contributed by atoms with Gasteiger partial charge < -0.3 is 15.5 Å². The number of amides is 2. The molecule has 34 heavy (non-hydrogen) atoms. The third-order valence-corrected chi connectivity index (χ3v) is 7.62. The molecule has 3 aromatic heterocycles. The number of hydrogen-bond acceptors (Lipinski definition) is 7. The third-order valence-electron chi connectivity index (χ3n) is 6.73. The van der Waals surface area contributed by atoms with Crippen molar-refractivity contribution in [3.8, 4) is 11.4 Å². The molecule has 3 aromatic rings. The average Bonchev–Trinajstić information content (AvgIpc) is 3.48. The number of thiazole rings is 1. The van der Waals surface area contributed by atoms with Crippen molar-refractivity contribution in [2.24, 2.45) is 5.92 Å². The SMILES string of the molecule is CCC(CC)Nc1cc(C(=O)N2CCC(NC(=O)C3CC3)CC2)nc(-c2cnn3ccsc23)n1. The van der Waals surface area contributed by atoms with Gasteiger partial charge in [-0.25, -0.2) is 14.5 Å². The Morgan fingerprint density at radius 1 is 1.15 bits per heavy atom. The van der Waals surface area contributed by atoms with Gasteiger partial charge in [-0.3, -0.25) is 9.59 Å². The highest BCUT2D eigenvalue weighted by Crippen LogP contribution is 2.30. The number of hydrogen-bond donors (Lipinski definition) is 2. The summed E-state index contributed by atoms with van der Waals surface area (Å²) >= 11 is 1.57. The molecule has 1 saturated carbocycles. The van der Waals surface area contributed by atoms with Crippen LogP contribution in [0.2, 0.25) is 0 Å². The zero-order chi connectivity index (χ0) is 23.7. The Hall–Kier alpha value is -3.01. The normalized spacial score (nSPS) is 16.9. The highest BCUT2D eigenvalue weighted by atomic mass is 32.1. The van der Waals surface area contributed by atoms with Crippen molar-refractivity contribution in [2.45, 2.75) is 64.5 Å². The monoisotopic (exact) mass is 481 g/mol. The number of carbonyl (C=O) groups excluding carboxylic acids is 2. The zero-order valence-electron chi connectivity index (χ0n) is 19.7. The summed E-state index contributed by atoms with van der Waals surface area (Å²) in [6, 6.07) is 2.18. The molecular weight excluding hydrogens is 450 g/mol. The van der Waals surface area contributed by atoms with Crippen LogP contribution >= 0.6 is 11.3 Å². The van der Waals surface area contributed by atoms with Crippen molar-refractivity contribution in [1.29, 1.82) is 0 Å². The molecule has 0 unspecified atom stereocenters. The van der Waals surface area contributed by atoms with Crippen LogP contribution in [0.3, 0.4) is 0 Å². The number of likely N-dealkylation sites (tertiary alicyclic amines) is 1. The van der Waals surface area contributed by atoms with Crippen LogP contribution in [-0.2, 0) is 4.79 Å². The largest absolute Gasteiger partial charge is 0.367 e. The van der Waals surface area contributed by atoms with Crippen LogP contribution < -0.4 is 10.6 Å². The number of anilines is 1. The molecule has 0 radical (unpaired) electrons. The van der Waals surface area contributed by atoms with E-state index in [1.807, 2.05) is 16.5 Å². The Morgan fingerprint density at radius 3 is 2.62 bits per heavy atom. The van der Waals surface area contributed by atoms with Gasteiger partial charge in [0.15, 0.2) is 5.82 Å². The number of rotatable bonds is 8. The molecule has 5 rings (SSSR count). The van der Waals surface area contributed by atoms with Crippen LogP contribution in [0.1, 0.15) is 62.9 Å². The van der Waals surface area contributed by atoms with E-state index in [9.17, 15) is 9.59 Å². The van der Waals surface area contributed by atoms with Crippen molar-refractivity contribution in [3.63, 3.8) is 0 Å². The second kappa shape index (κ2) is 9.69. The van der Waals surface area contributed by atoms with E-state index in [-0.39, 0.29) is 29.8 Å². The number of nitrogens with zero attached hydrogens (tertiary/aromatic N) is 5. The van der Waals surface area contributed by atoms with Gasteiger partial charge in [0.25, 0.3) is 5.91 Å². The third kappa shape index (κ3) is 4.77. The summed E-state index contributed by atoms with van der Waals surface area (Å²) in [4.78, 5) is 37.8. The van der Waals surface area contributed by atoms with E-state index in [0.29, 0.717) is 30.4 Å². The molecule has 2 fully saturated rings. The molecule has 180 valence electrons. The van der Waals surface area contributed by atoms with Gasteiger partial charge in [0, 0.05) is 48.7 Å². The molecule has 10 heteroatoms. The minimum absolute atomic E-state index is 0.0993. The van der Waals surface area contributed by atoms with Crippen LogP contribution in [0, 0.1) is 5.92 Å². The quantitative estimate of drug-likeness (QED) is 0.510. The standard InChI is InChI=1S/C24H31N7O2S/c1-3-16(4-2)26-20-13-19(28-21(29-20)18-14-25-31-11-12-34-24(18)31)23(33)30-9-7-17(8-10-30)27-22(32)15-5-6-15/h11-17H,3-10H2,1-2H3,(H,27,32)(H,26,28,29). The Morgan fingerprint density at radius 2 is 1.91 bits per heavy atom. The van der Waals surface area contributed by atoms with Gasteiger partial charge in [0.05, 0.1) is 11.8 Å². The smallest absolute Gasteiger partial charge is 0.272 e. The lowest BCUT2D eigenvalue weighted by atomic mass is 10.0. The molecule has 4 heterocycles. The maximum Gasteiger partial charge on any atom is 0.272 e. The van der Waals surface area contributed by atoms with Gasteiger partial charge in [0.2, 0.25) is 5.91 Å². The minimum Gasteiger partial charge on any atom is -0.367 e. The summed E-state index contributed by atoms with van der Waals surface area (Å²) in [5.74, 6) is 1.44. The number of fused-ring (bicyclic) bond motifs is 1. The number of aromatic nitrogens is 4. The van der Waals surface area contributed by atoms with Crippen molar-refractivity contribution < 1.29 is 9.59 Å². The lowest BCUT2D eigenvalue weighted by molar-refractivity contribution is -0.123. The molecule has 2 aliphatic rings. The summed E-state index contributed by atoms with van der Waals surface area (Å²) in [5, 5.41) is 13.0. The fourth-order valence-electron chi connectivity index (χ4n) is 4.39. The highest BCUT2D eigenvalue weighted by molar-refractivity contribution is 7.16. The van der Waals surface area contributed by atoms with Crippen LogP contribution in [0.15, 0.2) is 23.8 Å². The van der Waals surface area contributed by atoms with Gasteiger partial charge in [-0.2, -0.15) is 5.10 Å². The first-order valence-electron chi connectivity index (χ1n) is 12.2. The topological polar surface area (TPSA) is 105 Å². The van der Waals surface area contributed by atoms with E-state index in [1.54, 1.807) is 28.1 Å². The van der Waals surface area contributed by atoms with E-state index in [0.717, 1.165) is 48.9 Å². The number of carbonyl (C=O) groups is 2. The summed E-state index contributed by atoms with van der Waals surface area (Å²) in [6.45, 7) is 5.47. The first-order chi connectivity index (χ1) is 16.6. The Kier molecular flexibility index (Phi) is 6.49. The average molecular weight is 482 g/mol. The molecule has 2 amide bonds. The van der Waals surface area contributed by atoms with E-state index >= 15 is 0 Å². The fourth-order valence-corrected chi connectivity index (χ4v) is 5.18. The first-order valence-corrected chi connectivity index (χ1v) is 13.1. The number of nitrogens with one attached hydrogen (secondary N) is 2. The zero-order valence-corrected chi connectivity index (χ0v) is 20.5.